The van der Waals surface area contributed by atoms with E-state index in [1.807, 2.05) is 0 Å². The fraction of sp³-hybridized carbons (Fsp3) is 0. The summed E-state index contributed by atoms with van der Waals surface area (Å²) < 4.78 is 0.830. The molecule has 48 valence electrons. The van der Waals surface area contributed by atoms with Gasteiger partial charge in [0.05, 0.1) is 10.3 Å². The molecule has 3 heteroatoms. The van der Waals surface area contributed by atoms with E-state index in [0.29, 0.717) is 5.69 Å². The Hall–Kier alpha value is -1.51. The van der Waals surface area contributed by atoms with Gasteiger partial charge in [0.1, 0.15) is 0 Å². The largest absolute Gasteiger partial charge is 0.273 e. The van der Waals surface area contributed by atoms with E-state index in [0.717, 1.165) is 10.3 Å². The van der Waals surface area contributed by atoms with Crippen molar-refractivity contribution >= 4 is 11.8 Å². The Labute approximate surface area is 57.6 Å². The topological polar surface area (TPSA) is 33.0 Å². The van der Waals surface area contributed by atoms with Gasteiger partial charge in [0, 0.05) is 29.4 Å². The molecule has 0 atom stereocenters. The van der Waals surface area contributed by atoms with Gasteiger partial charge in [-0.1, -0.05) is 0 Å². The smallest absolute Gasteiger partial charge is 0.264 e. The lowest BCUT2D eigenvalue weighted by atomic mass is 10.3. The summed E-state index contributed by atoms with van der Waals surface area (Å²) in [6.45, 7) is 0. The van der Waals surface area contributed by atoms with Crippen molar-refractivity contribution in [3.63, 3.8) is 0 Å². The van der Waals surface area contributed by atoms with E-state index >= 15 is 0 Å². The molecule has 0 unspecified atom stereocenters. The maximum Gasteiger partial charge on any atom is 0.273 e. The molecule has 0 radical (unpaired) electrons. The van der Waals surface area contributed by atoms with Crippen LogP contribution in [-0.2, 0) is 0 Å². The summed E-state index contributed by atoms with van der Waals surface area (Å²) in [7, 11) is 0. The minimum absolute atomic E-state index is 0.676. The second-order valence-corrected chi connectivity index (χ2v) is 2.08. The Balaban J connectivity index is 2.70. The number of hydrogen-bond donors (Lipinski definition) is 0. The zero-order valence-corrected chi connectivity index (χ0v) is 5.19. The van der Waals surface area contributed by atoms with Crippen LogP contribution < -0.4 is 0 Å². The number of rotatable bonds is 0. The minimum atomic E-state index is 0.676. The molecule has 0 amide bonds. The molecular weight excluding hydrogens is 128 g/mol. The molecule has 2 rings (SSSR count). The third-order valence-corrected chi connectivity index (χ3v) is 1.45. The zero-order chi connectivity index (χ0) is 6.97. The quantitative estimate of drug-likeness (QED) is 0.502. The van der Waals surface area contributed by atoms with Gasteiger partial charge in [-0.15, -0.1) is 0 Å². The molecule has 0 fully saturated rings. The van der Waals surface area contributed by atoms with E-state index in [1.165, 1.54) is 6.20 Å². The van der Waals surface area contributed by atoms with Crippen molar-refractivity contribution in [1.29, 1.82) is 0 Å². The molecule has 0 saturated carbocycles. The Kier molecular flexibility index (Phi) is 0.917. The molecule has 0 aliphatic carbocycles. The summed E-state index contributed by atoms with van der Waals surface area (Å²) in [5.74, 6) is 0. The first kappa shape index (κ1) is 5.29. The van der Waals surface area contributed by atoms with Gasteiger partial charge >= 0.3 is 0 Å². The molecule has 0 saturated heterocycles. The van der Waals surface area contributed by atoms with Crippen LogP contribution in [0.25, 0.3) is 6.08 Å². The second kappa shape index (κ2) is 1.73. The lowest BCUT2D eigenvalue weighted by Crippen LogP contribution is -1.85. The standard InChI is InChI=1S/C7H5N2O/c10-9-4-2-6-5-8-3-1-7(6)9/h1-5H/q+1. The van der Waals surface area contributed by atoms with E-state index in [4.69, 9.17) is 0 Å². The summed E-state index contributed by atoms with van der Waals surface area (Å²) in [5, 5.41) is 0. The van der Waals surface area contributed by atoms with Crippen LogP contribution in [0.5, 0.6) is 0 Å². The van der Waals surface area contributed by atoms with Crippen LogP contribution in [0.2, 0.25) is 0 Å². The first-order valence-electron chi connectivity index (χ1n) is 2.96. The Bertz CT molecular complexity index is 317. The molecule has 1 aromatic rings. The van der Waals surface area contributed by atoms with E-state index < -0.39 is 0 Å². The highest BCUT2D eigenvalue weighted by molar-refractivity contribution is 5.62. The lowest BCUT2D eigenvalue weighted by Gasteiger charge is -1.83. The number of nitroso groups, excluding NO2 is 1. The molecule has 10 heavy (non-hydrogen) atoms. The van der Waals surface area contributed by atoms with E-state index in [9.17, 15) is 4.91 Å². The third kappa shape index (κ3) is 0.572. The van der Waals surface area contributed by atoms with Crippen LogP contribution in [0.15, 0.2) is 24.7 Å². The van der Waals surface area contributed by atoms with Gasteiger partial charge in [0.25, 0.3) is 5.69 Å². The number of aromatic nitrogens is 1. The van der Waals surface area contributed by atoms with Crippen molar-refractivity contribution in [3.8, 4) is 0 Å². The summed E-state index contributed by atoms with van der Waals surface area (Å²) in [5.41, 5.74) is 1.56. The van der Waals surface area contributed by atoms with Crippen LogP contribution >= 0.6 is 0 Å². The molecule has 0 N–H and O–H groups in total. The van der Waals surface area contributed by atoms with Gasteiger partial charge in [0.15, 0.2) is 0 Å². The summed E-state index contributed by atoms with van der Waals surface area (Å²) in [6, 6.07) is 1.70. The van der Waals surface area contributed by atoms with Crippen molar-refractivity contribution in [2.24, 2.45) is 0 Å². The van der Waals surface area contributed by atoms with Crippen molar-refractivity contribution in [1.82, 2.24) is 4.98 Å². The van der Waals surface area contributed by atoms with Gasteiger partial charge in [-0.05, 0) is 0 Å². The number of nitrogens with zero attached hydrogens (tertiary/aromatic N) is 2. The van der Waals surface area contributed by atoms with Crippen LogP contribution in [-0.4, -0.2) is 9.74 Å². The van der Waals surface area contributed by atoms with Crippen molar-refractivity contribution in [3.05, 3.63) is 35.1 Å². The molecule has 3 nitrogen and oxygen atoms in total. The SMILES string of the molecule is O=[N+]1C=Cc2cnccc21. The molecule has 1 aliphatic rings. The number of hydrogen-bond acceptors (Lipinski definition) is 2. The van der Waals surface area contributed by atoms with Crippen LogP contribution in [0.3, 0.4) is 0 Å². The average Bonchev–Trinajstić information content (AvgIpc) is 2.34. The lowest BCUT2D eigenvalue weighted by molar-refractivity contribution is -0.379. The van der Waals surface area contributed by atoms with Gasteiger partial charge in [-0.25, -0.2) is 0 Å². The molecule has 0 spiro atoms. The monoisotopic (exact) mass is 133 g/mol. The van der Waals surface area contributed by atoms with Crippen LogP contribution in [0.1, 0.15) is 5.56 Å². The maximum absolute atomic E-state index is 10.9. The minimum Gasteiger partial charge on any atom is -0.264 e. The Morgan fingerprint density at radius 1 is 1.50 bits per heavy atom. The van der Waals surface area contributed by atoms with Crippen molar-refractivity contribution in [2.75, 3.05) is 0 Å². The molecule has 2 heterocycles. The average molecular weight is 133 g/mol. The fourth-order valence-electron chi connectivity index (χ4n) is 0.957. The predicted octanol–water partition coefficient (Wildman–Crippen LogP) is 1.48. The highest BCUT2D eigenvalue weighted by Crippen LogP contribution is 2.23. The number of pyridine rings is 1. The van der Waals surface area contributed by atoms with Crippen LogP contribution in [0, 0.1) is 4.91 Å². The Morgan fingerprint density at radius 2 is 2.40 bits per heavy atom. The molecule has 0 bridgehead atoms. The second-order valence-electron chi connectivity index (χ2n) is 2.08. The summed E-state index contributed by atoms with van der Waals surface area (Å²) >= 11 is 0. The molecule has 1 aliphatic heterocycles. The fourth-order valence-corrected chi connectivity index (χ4v) is 0.957. The highest BCUT2D eigenvalue weighted by Gasteiger charge is 2.20. The van der Waals surface area contributed by atoms with Crippen molar-refractivity contribution in [2.45, 2.75) is 0 Å². The third-order valence-electron chi connectivity index (χ3n) is 1.45. The van der Waals surface area contributed by atoms with E-state index in [-0.39, 0.29) is 0 Å². The van der Waals surface area contributed by atoms with Gasteiger partial charge in [-0.2, -0.15) is 0 Å². The van der Waals surface area contributed by atoms with Crippen molar-refractivity contribution < 1.29 is 4.76 Å². The molecular formula is C7H5N2O+. The van der Waals surface area contributed by atoms with Crippen LogP contribution in [0.4, 0.5) is 5.69 Å². The maximum atomic E-state index is 10.9. The van der Waals surface area contributed by atoms with E-state index in [1.54, 1.807) is 24.5 Å². The first-order valence-corrected chi connectivity index (χ1v) is 2.96. The van der Waals surface area contributed by atoms with E-state index in [2.05, 4.69) is 4.98 Å². The summed E-state index contributed by atoms with van der Waals surface area (Å²) in [6.07, 6.45) is 6.50. The van der Waals surface area contributed by atoms with Gasteiger partial charge in [0.2, 0.25) is 6.20 Å². The number of fused-ring (bicyclic) bond motifs is 1. The van der Waals surface area contributed by atoms with Gasteiger partial charge in [-0.3, -0.25) is 4.98 Å². The highest BCUT2D eigenvalue weighted by atomic mass is 16.3. The first-order chi connectivity index (χ1) is 4.88. The van der Waals surface area contributed by atoms with Gasteiger partial charge < -0.3 is 0 Å². The molecule has 1 aromatic heterocycles. The summed E-state index contributed by atoms with van der Waals surface area (Å²) in [4.78, 5) is 14.7. The normalized spacial score (nSPS) is 13.8. The molecule has 0 aromatic carbocycles. The Morgan fingerprint density at radius 3 is 3.20 bits per heavy atom. The predicted molar refractivity (Wildman–Crippen MR) is 36.6 cm³/mol. The zero-order valence-electron chi connectivity index (χ0n) is 5.19.